The first-order valence-corrected chi connectivity index (χ1v) is 4.45. The van der Waals surface area contributed by atoms with Gasteiger partial charge in [0, 0.05) is 30.1 Å². The van der Waals surface area contributed by atoms with Crippen molar-refractivity contribution >= 4 is 0 Å². The van der Waals surface area contributed by atoms with Gasteiger partial charge in [0.25, 0.3) is 0 Å². The van der Waals surface area contributed by atoms with Crippen molar-refractivity contribution < 1.29 is 5.11 Å². The van der Waals surface area contributed by atoms with Crippen molar-refractivity contribution in [1.29, 1.82) is 0 Å². The second-order valence-corrected chi connectivity index (χ2v) is 2.98. The number of aromatic amines is 1. The Morgan fingerprint density at radius 2 is 2.07 bits per heavy atom. The molecule has 0 radical (unpaired) electrons. The van der Waals surface area contributed by atoms with E-state index < -0.39 is 0 Å². The fourth-order valence-electron chi connectivity index (χ4n) is 1.39. The Morgan fingerprint density at radius 1 is 1.29 bits per heavy atom. The van der Waals surface area contributed by atoms with Crippen molar-refractivity contribution in [3.05, 3.63) is 36.3 Å². The van der Waals surface area contributed by atoms with Gasteiger partial charge in [0.15, 0.2) is 0 Å². The molecule has 0 saturated carbocycles. The van der Waals surface area contributed by atoms with E-state index in [9.17, 15) is 0 Å². The molecule has 14 heavy (non-hydrogen) atoms. The van der Waals surface area contributed by atoms with E-state index >= 15 is 0 Å². The van der Waals surface area contributed by atoms with Crippen molar-refractivity contribution in [3.8, 4) is 11.3 Å². The van der Waals surface area contributed by atoms with Gasteiger partial charge in [-0.05, 0) is 18.6 Å². The highest BCUT2D eigenvalue weighted by Crippen LogP contribution is 2.19. The summed E-state index contributed by atoms with van der Waals surface area (Å²) in [6.45, 7) is 0.137. The molecule has 0 amide bonds. The molecule has 0 bridgehead atoms. The smallest absolute Gasteiger partial charge is 0.0684 e. The summed E-state index contributed by atoms with van der Waals surface area (Å²) in [5.41, 5.74) is 3.03. The van der Waals surface area contributed by atoms with Crippen LogP contribution in [0.5, 0.6) is 0 Å². The molecule has 0 spiro atoms. The maximum absolute atomic E-state index is 8.86. The number of H-pyrrole nitrogens is 1. The molecule has 0 fully saturated rings. The number of aliphatic hydroxyl groups excluding tert-OH is 1. The molecular weight excluding hydrogens is 178 g/mol. The van der Waals surface area contributed by atoms with Crippen molar-refractivity contribution in [1.82, 2.24) is 15.2 Å². The van der Waals surface area contributed by atoms with Gasteiger partial charge in [-0.25, -0.2) is 0 Å². The highest BCUT2D eigenvalue weighted by atomic mass is 16.2. The summed E-state index contributed by atoms with van der Waals surface area (Å²) in [6.07, 6.45) is 5.83. The van der Waals surface area contributed by atoms with E-state index in [0.29, 0.717) is 6.42 Å². The van der Waals surface area contributed by atoms with E-state index in [-0.39, 0.29) is 6.61 Å². The van der Waals surface area contributed by atoms with Crippen LogP contribution in [0.1, 0.15) is 5.56 Å². The lowest BCUT2D eigenvalue weighted by atomic mass is 10.1. The lowest BCUT2D eigenvalue weighted by molar-refractivity contribution is 0.300. The third kappa shape index (κ3) is 1.65. The van der Waals surface area contributed by atoms with Gasteiger partial charge in [-0.1, -0.05) is 0 Å². The molecule has 2 aromatic rings. The van der Waals surface area contributed by atoms with Crippen LogP contribution >= 0.6 is 0 Å². The normalized spacial score (nSPS) is 10.4. The first kappa shape index (κ1) is 8.90. The molecule has 0 atom stereocenters. The van der Waals surface area contributed by atoms with Crippen LogP contribution < -0.4 is 0 Å². The van der Waals surface area contributed by atoms with Crippen LogP contribution in [0.3, 0.4) is 0 Å². The second kappa shape index (κ2) is 4.02. The highest BCUT2D eigenvalue weighted by molar-refractivity contribution is 5.61. The molecule has 2 rings (SSSR count). The molecule has 2 aromatic heterocycles. The van der Waals surface area contributed by atoms with E-state index in [1.54, 1.807) is 18.6 Å². The molecule has 72 valence electrons. The van der Waals surface area contributed by atoms with Gasteiger partial charge < -0.3 is 5.11 Å². The lowest BCUT2D eigenvalue weighted by Gasteiger charge is -2.00. The monoisotopic (exact) mass is 189 g/mol. The van der Waals surface area contributed by atoms with E-state index in [1.165, 1.54) is 0 Å². The summed E-state index contributed by atoms with van der Waals surface area (Å²) in [4.78, 5) is 3.95. The quantitative estimate of drug-likeness (QED) is 0.757. The average Bonchev–Trinajstić information content (AvgIpc) is 2.68. The predicted molar refractivity (Wildman–Crippen MR) is 52.6 cm³/mol. The Hall–Kier alpha value is -1.68. The minimum absolute atomic E-state index is 0.137. The Bertz CT molecular complexity index is 397. The molecule has 4 heteroatoms. The number of rotatable bonds is 3. The number of nitrogens with zero attached hydrogens (tertiary/aromatic N) is 2. The molecule has 0 unspecified atom stereocenters. The summed E-state index contributed by atoms with van der Waals surface area (Å²) in [7, 11) is 0. The van der Waals surface area contributed by atoms with Gasteiger partial charge in [-0.3, -0.25) is 10.1 Å². The minimum Gasteiger partial charge on any atom is -0.396 e. The maximum atomic E-state index is 8.86. The largest absolute Gasteiger partial charge is 0.396 e. The van der Waals surface area contributed by atoms with Gasteiger partial charge >= 0.3 is 0 Å². The van der Waals surface area contributed by atoms with Gasteiger partial charge in [0.05, 0.1) is 11.9 Å². The lowest BCUT2D eigenvalue weighted by Crippen LogP contribution is -1.91. The molecule has 0 saturated heterocycles. The number of pyridine rings is 1. The first-order chi connectivity index (χ1) is 6.92. The average molecular weight is 189 g/mol. The SMILES string of the molecule is OCCc1cn[nH]c1-c1ccncc1. The Balaban J connectivity index is 2.37. The summed E-state index contributed by atoms with van der Waals surface area (Å²) in [5, 5.41) is 15.7. The van der Waals surface area contributed by atoms with Crippen LogP contribution in [-0.2, 0) is 6.42 Å². The van der Waals surface area contributed by atoms with Crippen LogP contribution in [0.25, 0.3) is 11.3 Å². The molecule has 0 aliphatic carbocycles. The summed E-state index contributed by atoms with van der Waals surface area (Å²) >= 11 is 0. The molecular formula is C10H11N3O. The number of hydrogen-bond donors (Lipinski definition) is 2. The van der Waals surface area contributed by atoms with Gasteiger partial charge in [0.2, 0.25) is 0 Å². The zero-order valence-corrected chi connectivity index (χ0v) is 7.64. The zero-order chi connectivity index (χ0) is 9.80. The van der Waals surface area contributed by atoms with Crippen molar-refractivity contribution in [3.63, 3.8) is 0 Å². The number of aliphatic hydroxyl groups is 1. The Kier molecular flexibility index (Phi) is 2.55. The third-order valence-electron chi connectivity index (χ3n) is 2.07. The Labute approximate surface area is 81.6 Å². The third-order valence-corrected chi connectivity index (χ3v) is 2.07. The van der Waals surface area contributed by atoms with E-state index in [2.05, 4.69) is 15.2 Å². The summed E-state index contributed by atoms with van der Waals surface area (Å²) in [6, 6.07) is 3.82. The standard InChI is InChI=1S/C10H11N3O/c14-6-3-9-7-12-13-10(9)8-1-4-11-5-2-8/h1-2,4-5,7,14H,3,6H2,(H,12,13). The molecule has 2 heterocycles. The van der Waals surface area contributed by atoms with Crippen molar-refractivity contribution in [2.45, 2.75) is 6.42 Å². The fourth-order valence-corrected chi connectivity index (χ4v) is 1.39. The predicted octanol–water partition coefficient (Wildman–Crippen LogP) is 1.01. The van der Waals surface area contributed by atoms with Crippen molar-refractivity contribution in [2.75, 3.05) is 6.61 Å². The van der Waals surface area contributed by atoms with Crippen LogP contribution in [0, 0.1) is 0 Å². The topological polar surface area (TPSA) is 61.8 Å². The Morgan fingerprint density at radius 3 is 2.79 bits per heavy atom. The number of aromatic nitrogens is 3. The molecule has 0 aliphatic heterocycles. The summed E-state index contributed by atoms with van der Waals surface area (Å²) < 4.78 is 0. The first-order valence-electron chi connectivity index (χ1n) is 4.45. The maximum Gasteiger partial charge on any atom is 0.0684 e. The van der Waals surface area contributed by atoms with Gasteiger partial charge in [0.1, 0.15) is 0 Å². The van der Waals surface area contributed by atoms with E-state index in [0.717, 1.165) is 16.8 Å². The van der Waals surface area contributed by atoms with Crippen molar-refractivity contribution in [2.24, 2.45) is 0 Å². The van der Waals surface area contributed by atoms with Crippen LogP contribution in [-0.4, -0.2) is 26.9 Å². The number of nitrogens with one attached hydrogen (secondary N) is 1. The molecule has 2 N–H and O–H groups in total. The molecule has 0 aromatic carbocycles. The van der Waals surface area contributed by atoms with Crippen LogP contribution in [0.4, 0.5) is 0 Å². The van der Waals surface area contributed by atoms with Gasteiger partial charge in [-0.2, -0.15) is 5.10 Å². The molecule has 0 aliphatic rings. The highest BCUT2D eigenvalue weighted by Gasteiger charge is 2.05. The van der Waals surface area contributed by atoms with Crippen LogP contribution in [0.2, 0.25) is 0 Å². The van der Waals surface area contributed by atoms with E-state index in [1.807, 2.05) is 12.1 Å². The zero-order valence-electron chi connectivity index (χ0n) is 7.64. The molecule has 4 nitrogen and oxygen atoms in total. The minimum atomic E-state index is 0.137. The second-order valence-electron chi connectivity index (χ2n) is 2.98. The fraction of sp³-hybridized carbons (Fsp3) is 0.200. The van der Waals surface area contributed by atoms with Crippen LogP contribution in [0.15, 0.2) is 30.7 Å². The number of hydrogen-bond acceptors (Lipinski definition) is 3. The van der Waals surface area contributed by atoms with E-state index in [4.69, 9.17) is 5.11 Å². The van der Waals surface area contributed by atoms with Gasteiger partial charge in [-0.15, -0.1) is 0 Å². The summed E-state index contributed by atoms with van der Waals surface area (Å²) in [5.74, 6) is 0.